The van der Waals surface area contributed by atoms with Gasteiger partial charge in [-0.15, -0.1) is 0 Å². The fourth-order valence-corrected chi connectivity index (χ4v) is 1.91. The van der Waals surface area contributed by atoms with Gasteiger partial charge in [-0.05, 0) is 37.5 Å². The van der Waals surface area contributed by atoms with E-state index < -0.39 is 5.97 Å². The number of carboxylic acids is 1. The van der Waals surface area contributed by atoms with Crippen LogP contribution in [0.15, 0.2) is 42.5 Å². The molecule has 0 spiro atoms. The molecule has 0 fully saturated rings. The first kappa shape index (κ1) is 12.3. The number of aryl methyl sites for hydroxylation is 3. The largest absolute Gasteiger partial charge is 0.478 e. The first-order valence-corrected chi connectivity index (χ1v) is 5.90. The minimum absolute atomic E-state index is 0.311. The molecule has 92 valence electrons. The summed E-state index contributed by atoms with van der Waals surface area (Å²) in [6.07, 6.45) is 1.63. The van der Waals surface area contributed by atoms with Crippen LogP contribution in [0.25, 0.3) is 0 Å². The average molecular weight is 241 g/mol. The summed E-state index contributed by atoms with van der Waals surface area (Å²) < 4.78 is 0. The van der Waals surface area contributed by atoms with Crippen LogP contribution in [0.1, 0.15) is 27.3 Å². The van der Waals surface area contributed by atoms with Crippen molar-refractivity contribution in [1.29, 1.82) is 0 Å². The van der Waals surface area contributed by atoms with E-state index in [2.05, 4.69) is 17.1 Å². The van der Waals surface area contributed by atoms with E-state index in [0.29, 0.717) is 5.56 Å². The molecule has 3 nitrogen and oxygen atoms in total. The number of hydrogen-bond acceptors (Lipinski definition) is 2. The van der Waals surface area contributed by atoms with Gasteiger partial charge < -0.3 is 5.11 Å². The Morgan fingerprint density at radius 3 is 2.56 bits per heavy atom. The molecule has 1 aromatic carbocycles. The number of aromatic carboxylic acids is 1. The minimum Gasteiger partial charge on any atom is -0.478 e. The van der Waals surface area contributed by atoms with Crippen LogP contribution < -0.4 is 0 Å². The number of aromatic nitrogens is 1. The Balaban J connectivity index is 2.12. The van der Waals surface area contributed by atoms with Crippen LogP contribution in [0.3, 0.4) is 0 Å². The Bertz CT molecular complexity index is 550. The molecule has 0 atom stereocenters. The van der Waals surface area contributed by atoms with Gasteiger partial charge in [-0.3, -0.25) is 4.98 Å². The summed E-state index contributed by atoms with van der Waals surface area (Å²) in [6.45, 7) is 1.82. The van der Waals surface area contributed by atoms with Crippen molar-refractivity contribution in [3.63, 3.8) is 0 Å². The van der Waals surface area contributed by atoms with Gasteiger partial charge >= 0.3 is 5.97 Å². The second-order valence-electron chi connectivity index (χ2n) is 4.28. The second-order valence-corrected chi connectivity index (χ2v) is 4.28. The van der Waals surface area contributed by atoms with E-state index in [1.807, 2.05) is 25.1 Å². The highest BCUT2D eigenvalue weighted by Crippen LogP contribution is 2.09. The summed E-state index contributed by atoms with van der Waals surface area (Å²) in [5, 5.41) is 8.99. The van der Waals surface area contributed by atoms with Gasteiger partial charge in [0.25, 0.3) is 0 Å². The molecule has 1 aromatic heterocycles. The summed E-state index contributed by atoms with van der Waals surface area (Å²) in [5.74, 6) is -0.901. The standard InChI is InChI=1S/C15H15NO2/c1-11-9-13(15(17)18)10-14(16-11)8-7-12-5-3-2-4-6-12/h2-6,9-10H,7-8H2,1H3,(H,17,18). The van der Waals surface area contributed by atoms with Crippen molar-refractivity contribution >= 4 is 5.97 Å². The molecular weight excluding hydrogens is 226 g/mol. The Labute approximate surface area is 106 Å². The molecule has 2 aromatic rings. The van der Waals surface area contributed by atoms with Gasteiger partial charge in [0.05, 0.1) is 5.56 Å². The number of hydrogen-bond donors (Lipinski definition) is 1. The van der Waals surface area contributed by atoms with Crippen molar-refractivity contribution in [1.82, 2.24) is 4.98 Å². The summed E-state index contributed by atoms with van der Waals surface area (Å²) in [4.78, 5) is 15.3. The Morgan fingerprint density at radius 2 is 1.89 bits per heavy atom. The number of nitrogens with zero attached hydrogens (tertiary/aromatic N) is 1. The smallest absolute Gasteiger partial charge is 0.335 e. The van der Waals surface area contributed by atoms with Gasteiger partial charge in [0.2, 0.25) is 0 Å². The van der Waals surface area contributed by atoms with Gasteiger partial charge in [0.1, 0.15) is 0 Å². The maximum absolute atomic E-state index is 11.0. The molecule has 0 aliphatic heterocycles. The van der Waals surface area contributed by atoms with Crippen LogP contribution in [-0.2, 0) is 12.8 Å². The second kappa shape index (κ2) is 5.45. The van der Waals surface area contributed by atoms with E-state index in [4.69, 9.17) is 5.11 Å². The molecule has 18 heavy (non-hydrogen) atoms. The van der Waals surface area contributed by atoms with Crippen LogP contribution in [-0.4, -0.2) is 16.1 Å². The van der Waals surface area contributed by atoms with Crippen molar-refractivity contribution < 1.29 is 9.90 Å². The van der Waals surface area contributed by atoms with Crippen molar-refractivity contribution in [3.8, 4) is 0 Å². The zero-order chi connectivity index (χ0) is 13.0. The lowest BCUT2D eigenvalue weighted by Crippen LogP contribution is -2.02. The van der Waals surface area contributed by atoms with Crippen LogP contribution in [0.5, 0.6) is 0 Å². The molecule has 3 heteroatoms. The zero-order valence-electron chi connectivity index (χ0n) is 10.3. The summed E-state index contributed by atoms with van der Waals surface area (Å²) in [6, 6.07) is 13.4. The van der Waals surface area contributed by atoms with E-state index in [0.717, 1.165) is 24.2 Å². The first-order chi connectivity index (χ1) is 8.65. The number of benzene rings is 1. The highest BCUT2D eigenvalue weighted by molar-refractivity contribution is 5.87. The lowest BCUT2D eigenvalue weighted by atomic mass is 10.1. The predicted molar refractivity (Wildman–Crippen MR) is 69.8 cm³/mol. The maximum Gasteiger partial charge on any atom is 0.335 e. The first-order valence-electron chi connectivity index (χ1n) is 5.90. The van der Waals surface area contributed by atoms with E-state index in [1.54, 1.807) is 12.1 Å². The van der Waals surface area contributed by atoms with Crippen LogP contribution in [0.2, 0.25) is 0 Å². The molecule has 0 saturated carbocycles. The van der Waals surface area contributed by atoms with Crippen molar-refractivity contribution in [2.45, 2.75) is 19.8 Å². The summed E-state index contributed by atoms with van der Waals surface area (Å²) in [5.41, 5.74) is 3.12. The van der Waals surface area contributed by atoms with Gasteiger partial charge in [-0.2, -0.15) is 0 Å². The Kier molecular flexibility index (Phi) is 3.72. The van der Waals surface area contributed by atoms with Crippen molar-refractivity contribution in [3.05, 3.63) is 65.0 Å². The van der Waals surface area contributed by atoms with Gasteiger partial charge in [-0.1, -0.05) is 30.3 Å². The van der Waals surface area contributed by atoms with E-state index in [1.165, 1.54) is 5.56 Å². The molecule has 0 bridgehead atoms. The molecule has 0 aliphatic rings. The lowest BCUT2D eigenvalue weighted by Gasteiger charge is -2.04. The van der Waals surface area contributed by atoms with Crippen molar-refractivity contribution in [2.24, 2.45) is 0 Å². The normalized spacial score (nSPS) is 10.3. The van der Waals surface area contributed by atoms with Crippen LogP contribution >= 0.6 is 0 Å². The Morgan fingerprint density at radius 1 is 1.17 bits per heavy atom. The van der Waals surface area contributed by atoms with Crippen LogP contribution in [0, 0.1) is 6.92 Å². The van der Waals surface area contributed by atoms with E-state index in [9.17, 15) is 4.79 Å². The Hall–Kier alpha value is -2.16. The number of carbonyl (C=O) groups is 1. The molecule has 1 N–H and O–H groups in total. The third kappa shape index (κ3) is 3.17. The SMILES string of the molecule is Cc1cc(C(=O)O)cc(CCc2ccccc2)n1. The lowest BCUT2D eigenvalue weighted by molar-refractivity contribution is 0.0696. The molecule has 0 saturated heterocycles. The van der Waals surface area contributed by atoms with Gasteiger partial charge in [-0.25, -0.2) is 4.79 Å². The molecule has 0 amide bonds. The van der Waals surface area contributed by atoms with E-state index in [-0.39, 0.29) is 0 Å². The monoisotopic (exact) mass is 241 g/mol. The highest BCUT2D eigenvalue weighted by Gasteiger charge is 2.06. The molecule has 0 unspecified atom stereocenters. The van der Waals surface area contributed by atoms with Gasteiger partial charge in [0, 0.05) is 11.4 Å². The third-order valence-electron chi connectivity index (χ3n) is 2.77. The maximum atomic E-state index is 11.0. The number of pyridine rings is 1. The number of rotatable bonds is 4. The molecule has 0 radical (unpaired) electrons. The minimum atomic E-state index is -0.901. The topological polar surface area (TPSA) is 50.2 Å². The zero-order valence-corrected chi connectivity index (χ0v) is 10.3. The fourth-order valence-electron chi connectivity index (χ4n) is 1.91. The number of carboxylic acid groups (broad SMARTS) is 1. The quantitative estimate of drug-likeness (QED) is 0.895. The summed E-state index contributed by atoms with van der Waals surface area (Å²) in [7, 11) is 0. The fraction of sp³-hybridized carbons (Fsp3) is 0.200. The molecule has 0 aliphatic carbocycles. The predicted octanol–water partition coefficient (Wildman–Crippen LogP) is 2.87. The van der Waals surface area contributed by atoms with Crippen molar-refractivity contribution in [2.75, 3.05) is 0 Å². The van der Waals surface area contributed by atoms with Gasteiger partial charge in [0.15, 0.2) is 0 Å². The summed E-state index contributed by atoms with van der Waals surface area (Å²) >= 11 is 0. The third-order valence-corrected chi connectivity index (χ3v) is 2.77. The molecule has 2 rings (SSSR count). The van der Waals surface area contributed by atoms with Crippen LogP contribution in [0.4, 0.5) is 0 Å². The van der Waals surface area contributed by atoms with E-state index >= 15 is 0 Å². The average Bonchev–Trinajstić information content (AvgIpc) is 2.37. The highest BCUT2D eigenvalue weighted by atomic mass is 16.4. The molecular formula is C15H15NO2. The molecule has 1 heterocycles.